The third kappa shape index (κ3) is 6.20. The summed E-state index contributed by atoms with van der Waals surface area (Å²) in [5.74, 6) is 0.868. The Labute approximate surface area is 191 Å². The highest BCUT2D eigenvalue weighted by atomic mass is 15.2. The lowest BCUT2D eigenvalue weighted by atomic mass is 10.1. The number of nitrogens with one attached hydrogen (secondary N) is 2. The fraction of sp³-hybridized carbons (Fsp3) is 0.385. The van der Waals surface area contributed by atoms with E-state index in [-0.39, 0.29) is 0 Å². The van der Waals surface area contributed by atoms with Crippen LogP contribution < -0.4 is 10.6 Å². The summed E-state index contributed by atoms with van der Waals surface area (Å²) in [6.45, 7) is 7.59. The van der Waals surface area contributed by atoms with Crippen molar-refractivity contribution in [2.24, 2.45) is 4.99 Å². The van der Waals surface area contributed by atoms with Gasteiger partial charge in [-0.3, -0.25) is 4.90 Å². The number of guanidine groups is 1. The second-order valence-corrected chi connectivity index (χ2v) is 8.30. The predicted octanol–water partition coefficient (Wildman–Crippen LogP) is 3.82. The van der Waals surface area contributed by atoms with Crippen molar-refractivity contribution in [2.45, 2.75) is 38.9 Å². The number of hydrogen-bond acceptors (Lipinski definition) is 3. The third-order valence-electron chi connectivity index (χ3n) is 5.91. The zero-order valence-corrected chi connectivity index (χ0v) is 19.0. The minimum absolute atomic E-state index is 0.362. The van der Waals surface area contributed by atoms with E-state index in [9.17, 15) is 0 Å². The Morgan fingerprint density at radius 3 is 2.59 bits per heavy atom. The molecule has 2 N–H and O–H groups in total. The number of imidazole rings is 1. The average molecular weight is 431 g/mol. The fourth-order valence-corrected chi connectivity index (χ4v) is 4.31. The molecule has 0 amide bonds. The first-order chi connectivity index (χ1) is 15.8. The zero-order valence-electron chi connectivity index (χ0n) is 19.0. The molecule has 1 saturated heterocycles. The lowest BCUT2D eigenvalue weighted by molar-refractivity contribution is 0.245. The molecule has 1 aliphatic rings. The van der Waals surface area contributed by atoms with Crippen LogP contribution in [-0.4, -0.2) is 46.6 Å². The normalized spacial score (nSPS) is 15.6. The van der Waals surface area contributed by atoms with Crippen LogP contribution in [0.25, 0.3) is 0 Å². The molecule has 1 unspecified atom stereocenters. The highest BCUT2D eigenvalue weighted by Gasteiger charge is 2.23. The van der Waals surface area contributed by atoms with E-state index in [2.05, 4.69) is 86.6 Å². The fourth-order valence-electron chi connectivity index (χ4n) is 4.31. The van der Waals surface area contributed by atoms with Gasteiger partial charge in [0.05, 0.1) is 18.9 Å². The van der Waals surface area contributed by atoms with Gasteiger partial charge < -0.3 is 15.2 Å². The summed E-state index contributed by atoms with van der Waals surface area (Å²) in [5, 5.41) is 7.01. The predicted molar refractivity (Wildman–Crippen MR) is 131 cm³/mol. The number of likely N-dealkylation sites (tertiary alicyclic amines) is 1. The van der Waals surface area contributed by atoms with Gasteiger partial charge in [-0.15, -0.1) is 0 Å². The van der Waals surface area contributed by atoms with Gasteiger partial charge in [0.25, 0.3) is 0 Å². The maximum Gasteiger partial charge on any atom is 0.191 e. The summed E-state index contributed by atoms with van der Waals surface area (Å²) in [6, 6.07) is 19.8. The van der Waals surface area contributed by atoms with Crippen molar-refractivity contribution < 1.29 is 0 Å². The van der Waals surface area contributed by atoms with Crippen LogP contribution in [0.4, 0.5) is 0 Å². The van der Waals surface area contributed by atoms with Crippen molar-refractivity contribution in [2.75, 3.05) is 26.2 Å². The smallest absolute Gasteiger partial charge is 0.191 e. The molecule has 6 nitrogen and oxygen atoms in total. The molecule has 1 aromatic heterocycles. The minimum atomic E-state index is 0.362. The Morgan fingerprint density at radius 1 is 1.03 bits per heavy atom. The first kappa shape index (κ1) is 22.1. The van der Waals surface area contributed by atoms with E-state index < -0.39 is 0 Å². The van der Waals surface area contributed by atoms with Crippen molar-refractivity contribution in [3.63, 3.8) is 0 Å². The number of aromatic nitrogens is 2. The van der Waals surface area contributed by atoms with Gasteiger partial charge in [0.15, 0.2) is 5.96 Å². The molecule has 3 aromatic rings. The number of rotatable bonds is 9. The molecule has 1 aliphatic heterocycles. The molecule has 0 bridgehead atoms. The van der Waals surface area contributed by atoms with Crippen LogP contribution in [0.2, 0.25) is 0 Å². The quantitative estimate of drug-likeness (QED) is 0.400. The summed E-state index contributed by atoms with van der Waals surface area (Å²) in [7, 11) is 0. The molecule has 2 aromatic carbocycles. The van der Waals surface area contributed by atoms with Gasteiger partial charge in [-0.2, -0.15) is 0 Å². The second kappa shape index (κ2) is 11.5. The summed E-state index contributed by atoms with van der Waals surface area (Å²) in [5.41, 5.74) is 3.83. The molecule has 0 aliphatic carbocycles. The van der Waals surface area contributed by atoms with Crippen LogP contribution in [0.3, 0.4) is 0 Å². The van der Waals surface area contributed by atoms with E-state index in [4.69, 9.17) is 4.99 Å². The van der Waals surface area contributed by atoms with Crippen LogP contribution in [0.1, 0.15) is 42.5 Å². The van der Waals surface area contributed by atoms with E-state index in [1.807, 2.05) is 18.7 Å². The number of nitrogens with zero attached hydrogens (tertiary/aromatic N) is 4. The zero-order chi connectivity index (χ0) is 22.0. The van der Waals surface area contributed by atoms with Crippen molar-refractivity contribution in [1.82, 2.24) is 25.1 Å². The van der Waals surface area contributed by atoms with E-state index in [0.29, 0.717) is 12.6 Å². The molecule has 1 atom stereocenters. The Bertz CT molecular complexity index is 961. The molecule has 4 rings (SSSR count). The molecule has 0 saturated carbocycles. The van der Waals surface area contributed by atoms with Crippen molar-refractivity contribution in [3.05, 3.63) is 90.0 Å². The molecule has 6 heteroatoms. The minimum Gasteiger partial charge on any atom is -0.357 e. The van der Waals surface area contributed by atoms with Crippen LogP contribution in [0.15, 0.2) is 78.3 Å². The van der Waals surface area contributed by atoms with E-state index >= 15 is 0 Å². The largest absolute Gasteiger partial charge is 0.357 e. The van der Waals surface area contributed by atoms with Crippen LogP contribution in [-0.2, 0) is 13.1 Å². The van der Waals surface area contributed by atoms with Gasteiger partial charge in [-0.05, 0) is 49.5 Å². The van der Waals surface area contributed by atoms with Gasteiger partial charge in [0, 0.05) is 32.0 Å². The summed E-state index contributed by atoms with van der Waals surface area (Å²) >= 11 is 0. The lowest BCUT2D eigenvalue weighted by Gasteiger charge is -2.29. The highest BCUT2D eigenvalue weighted by molar-refractivity contribution is 5.79. The molecule has 0 radical (unpaired) electrons. The summed E-state index contributed by atoms with van der Waals surface area (Å²) in [6.07, 6.45) is 8.22. The SMILES string of the molecule is CCNC(=NCc1cccc(Cn2ccnc2)c1)NCC(c1ccccc1)N1CCCC1. The van der Waals surface area contributed by atoms with Gasteiger partial charge in [0.1, 0.15) is 0 Å². The standard InChI is InChI=1S/C26H34N6/c1-2-28-26(29-18-22-9-8-10-23(17-22)20-31-16-13-27-21-31)30-19-25(32-14-6-7-15-32)24-11-4-3-5-12-24/h3-5,8-13,16-17,21,25H,2,6-7,14-15,18-20H2,1H3,(H2,28,29,30). The monoisotopic (exact) mass is 430 g/mol. The summed E-state index contributed by atoms with van der Waals surface area (Å²) < 4.78 is 2.08. The first-order valence-electron chi connectivity index (χ1n) is 11.7. The molecular weight excluding hydrogens is 396 g/mol. The van der Waals surface area contributed by atoms with Crippen molar-refractivity contribution >= 4 is 5.96 Å². The Hall–Kier alpha value is -3.12. The molecule has 168 valence electrons. The molecular formula is C26H34N6. The van der Waals surface area contributed by atoms with Gasteiger partial charge >= 0.3 is 0 Å². The number of hydrogen-bond donors (Lipinski definition) is 2. The molecule has 0 spiro atoms. The topological polar surface area (TPSA) is 57.5 Å². The molecule has 1 fully saturated rings. The maximum absolute atomic E-state index is 4.87. The maximum atomic E-state index is 4.87. The van der Waals surface area contributed by atoms with Crippen molar-refractivity contribution in [3.8, 4) is 0 Å². The van der Waals surface area contributed by atoms with E-state index in [0.717, 1.165) is 25.6 Å². The van der Waals surface area contributed by atoms with Crippen LogP contribution in [0, 0.1) is 0 Å². The third-order valence-corrected chi connectivity index (χ3v) is 5.91. The Balaban J connectivity index is 1.41. The van der Waals surface area contributed by atoms with Crippen molar-refractivity contribution in [1.29, 1.82) is 0 Å². The van der Waals surface area contributed by atoms with Gasteiger partial charge in [0.2, 0.25) is 0 Å². The second-order valence-electron chi connectivity index (χ2n) is 8.30. The Morgan fingerprint density at radius 2 is 1.84 bits per heavy atom. The van der Waals surface area contributed by atoms with Gasteiger partial charge in [-0.1, -0.05) is 54.6 Å². The van der Waals surface area contributed by atoms with Gasteiger partial charge in [-0.25, -0.2) is 9.98 Å². The van der Waals surface area contributed by atoms with E-state index in [1.54, 1.807) is 0 Å². The number of benzene rings is 2. The average Bonchev–Trinajstić information content (AvgIpc) is 3.53. The highest BCUT2D eigenvalue weighted by Crippen LogP contribution is 2.24. The first-order valence-corrected chi connectivity index (χ1v) is 11.7. The molecule has 2 heterocycles. The van der Waals surface area contributed by atoms with Crippen LogP contribution >= 0.6 is 0 Å². The van der Waals surface area contributed by atoms with E-state index in [1.165, 1.54) is 42.6 Å². The number of aliphatic imine (C=N–C) groups is 1. The lowest BCUT2D eigenvalue weighted by Crippen LogP contribution is -2.42. The summed E-state index contributed by atoms with van der Waals surface area (Å²) in [4.78, 5) is 11.6. The Kier molecular flexibility index (Phi) is 7.93. The molecule has 32 heavy (non-hydrogen) atoms. The van der Waals surface area contributed by atoms with Crippen LogP contribution in [0.5, 0.6) is 0 Å².